The number of nitrogens with two attached hydrogens (primary N) is 1. The van der Waals surface area contributed by atoms with E-state index in [9.17, 15) is 4.79 Å². The lowest BCUT2D eigenvalue weighted by Crippen LogP contribution is -2.06. The molecule has 116 valence electrons. The highest BCUT2D eigenvalue weighted by molar-refractivity contribution is 6.42. The van der Waals surface area contributed by atoms with Gasteiger partial charge in [-0.1, -0.05) is 43.0 Å². The van der Waals surface area contributed by atoms with Crippen LogP contribution in [0.5, 0.6) is 5.75 Å². The van der Waals surface area contributed by atoms with Gasteiger partial charge in [-0.25, -0.2) is 0 Å². The van der Waals surface area contributed by atoms with Gasteiger partial charge in [0.1, 0.15) is 5.75 Å². The Morgan fingerprint density at radius 1 is 1.30 bits per heavy atom. The molecule has 1 rings (SSSR count). The van der Waals surface area contributed by atoms with Gasteiger partial charge in [-0.3, -0.25) is 4.79 Å². The Morgan fingerprint density at radius 2 is 1.85 bits per heavy atom. The minimum atomic E-state index is -0.333. The van der Waals surface area contributed by atoms with E-state index < -0.39 is 0 Å². The number of carbonyl (C=O) groups is 1. The number of benzene rings is 1. The number of aromatic hydroxyl groups is 1. The number of halogens is 2. The molecule has 1 amide bonds. The van der Waals surface area contributed by atoms with Gasteiger partial charge in [-0.05, 0) is 38.2 Å². The highest BCUT2D eigenvalue weighted by Crippen LogP contribution is 2.24. The Bertz CT molecular complexity index is 366. The van der Waals surface area contributed by atoms with Crippen LogP contribution in [-0.4, -0.2) is 24.6 Å². The number of amides is 1. The molecular formula is C14H24Cl2N2O2. The van der Waals surface area contributed by atoms with E-state index in [0.29, 0.717) is 10.0 Å². The molecule has 0 atom stereocenters. The molecule has 4 N–H and O–H groups in total. The average Bonchev–Trinajstić information content (AvgIpc) is 2.35. The van der Waals surface area contributed by atoms with Crippen LogP contribution in [-0.2, 0) is 4.79 Å². The van der Waals surface area contributed by atoms with E-state index in [0.717, 1.165) is 0 Å². The summed E-state index contributed by atoms with van der Waals surface area (Å²) in [4.78, 5) is 9.22. The summed E-state index contributed by atoms with van der Waals surface area (Å²) in [5, 5.41) is 12.7. The van der Waals surface area contributed by atoms with Crippen molar-refractivity contribution in [2.24, 2.45) is 5.73 Å². The lowest BCUT2D eigenvalue weighted by atomic mass is 10.2. The van der Waals surface area contributed by atoms with Crippen LogP contribution in [0.4, 0.5) is 0 Å². The fraction of sp³-hybridized carbons (Fsp3) is 0.500. The molecular weight excluding hydrogens is 299 g/mol. The molecule has 1 aromatic carbocycles. The second kappa shape index (κ2) is 14.4. The molecule has 20 heavy (non-hydrogen) atoms. The SMILES string of the molecule is CC(N)=O.CCCCCNC.Oc1ccc(Cl)c(Cl)c1. The van der Waals surface area contributed by atoms with Crippen LogP contribution in [0.1, 0.15) is 33.1 Å². The monoisotopic (exact) mass is 322 g/mol. The van der Waals surface area contributed by atoms with Gasteiger partial charge in [-0.15, -0.1) is 0 Å². The van der Waals surface area contributed by atoms with Crippen LogP contribution in [0.2, 0.25) is 10.0 Å². The molecule has 0 heterocycles. The molecule has 0 aromatic heterocycles. The van der Waals surface area contributed by atoms with Gasteiger partial charge in [0.2, 0.25) is 5.91 Å². The summed E-state index contributed by atoms with van der Waals surface area (Å²) in [7, 11) is 2.00. The molecule has 0 radical (unpaired) electrons. The number of phenols is 1. The Kier molecular flexibility index (Phi) is 15.4. The minimum absolute atomic E-state index is 0.129. The summed E-state index contributed by atoms with van der Waals surface area (Å²) in [5.41, 5.74) is 4.47. The maximum Gasteiger partial charge on any atom is 0.214 e. The van der Waals surface area contributed by atoms with Crippen molar-refractivity contribution < 1.29 is 9.90 Å². The van der Waals surface area contributed by atoms with E-state index in [1.54, 1.807) is 6.07 Å². The molecule has 0 unspecified atom stereocenters. The van der Waals surface area contributed by atoms with Crippen LogP contribution < -0.4 is 11.1 Å². The van der Waals surface area contributed by atoms with Crippen molar-refractivity contribution in [3.05, 3.63) is 28.2 Å². The molecule has 0 aliphatic heterocycles. The van der Waals surface area contributed by atoms with Crippen molar-refractivity contribution in [3.63, 3.8) is 0 Å². The van der Waals surface area contributed by atoms with Gasteiger partial charge >= 0.3 is 0 Å². The topological polar surface area (TPSA) is 75.4 Å². The zero-order chi connectivity index (χ0) is 16.0. The molecule has 1 aromatic rings. The number of carbonyl (C=O) groups excluding carboxylic acids is 1. The first-order valence-corrected chi connectivity index (χ1v) is 7.15. The molecule has 6 heteroatoms. The van der Waals surface area contributed by atoms with Crippen molar-refractivity contribution in [2.75, 3.05) is 13.6 Å². The van der Waals surface area contributed by atoms with Gasteiger partial charge in [0.05, 0.1) is 10.0 Å². The molecule has 0 spiro atoms. The summed E-state index contributed by atoms with van der Waals surface area (Å²) in [5.74, 6) is -0.204. The molecule has 0 fully saturated rings. The third kappa shape index (κ3) is 17.0. The largest absolute Gasteiger partial charge is 0.508 e. The van der Waals surface area contributed by atoms with Crippen LogP contribution in [0.3, 0.4) is 0 Å². The first kappa shape index (κ1) is 21.3. The zero-order valence-corrected chi connectivity index (χ0v) is 13.8. The van der Waals surface area contributed by atoms with Crippen molar-refractivity contribution in [1.29, 1.82) is 0 Å². The van der Waals surface area contributed by atoms with Gasteiger partial charge in [0.25, 0.3) is 0 Å². The van der Waals surface area contributed by atoms with Crippen LogP contribution in [0, 0.1) is 0 Å². The highest BCUT2D eigenvalue weighted by Gasteiger charge is 1.95. The lowest BCUT2D eigenvalue weighted by Gasteiger charge is -1.93. The number of hydrogen-bond acceptors (Lipinski definition) is 3. The number of phenolic OH excluding ortho intramolecular Hbond substituents is 1. The highest BCUT2D eigenvalue weighted by atomic mass is 35.5. The third-order valence-electron chi connectivity index (χ3n) is 1.93. The predicted molar refractivity (Wildman–Crippen MR) is 86.4 cm³/mol. The summed E-state index contributed by atoms with van der Waals surface area (Å²) >= 11 is 11.1. The number of nitrogens with one attached hydrogen (secondary N) is 1. The molecule has 0 aliphatic carbocycles. The fourth-order valence-corrected chi connectivity index (χ4v) is 1.33. The molecule has 0 saturated carbocycles. The van der Waals surface area contributed by atoms with Gasteiger partial charge in [-0.2, -0.15) is 0 Å². The van der Waals surface area contributed by atoms with E-state index in [2.05, 4.69) is 18.0 Å². The van der Waals surface area contributed by atoms with Gasteiger partial charge in [0, 0.05) is 6.92 Å². The van der Waals surface area contributed by atoms with Crippen LogP contribution in [0.15, 0.2) is 18.2 Å². The van der Waals surface area contributed by atoms with E-state index in [1.807, 2.05) is 7.05 Å². The summed E-state index contributed by atoms with van der Waals surface area (Å²) < 4.78 is 0. The van der Waals surface area contributed by atoms with Gasteiger partial charge in [0.15, 0.2) is 0 Å². The summed E-state index contributed by atoms with van der Waals surface area (Å²) in [6, 6.07) is 4.41. The first-order valence-electron chi connectivity index (χ1n) is 6.39. The number of unbranched alkanes of at least 4 members (excludes halogenated alkanes) is 2. The second-order valence-electron chi connectivity index (χ2n) is 4.02. The van der Waals surface area contributed by atoms with Crippen molar-refractivity contribution >= 4 is 29.1 Å². The summed E-state index contributed by atoms with van der Waals surface area (Å²) in [6.45, 7) is 4.70. The van der Waals surface area contributed by atoms with Crippen molar-refractivity contribution in [3.8, 4) is 5.75 Å². The zero-order valence-electron chi connectivity index (χ0n) is 12.2. The van der Waals surface area contributed by atoms with Gasteiger partial charge < -0.3 is 16.2 Å². The maximum absolute atomic E-state index is 9.22. The normalized spacial score (nSPS) is 8.85. The molecule has 0 saturated heterocycles. The van der Waals surface area contributed by atoms with E-state index in [-0.39, 0.29) is 11.7 Å². The third-order valence-corrected chi connectivity index (χ3v) is 2.67. The minimum Gasteiger partial charge on any atom is -0.508 e. The summed E-state index contributed by atoms with van der Waals surface area (Å²) in [6.07, 6.45) is 4.01. The Balaban J connectivity index is 0. The average molecular weight is 323 g/mol. The number of hydrogen-bond donors (Lipinski definition) is 3. The number of rotatable bonds is 4. The second-order valence-corrected chi connectivity index (χ2v) is 4.83. The predicted octanol–water partition coefficient (Wildman–Crippen LogP) is 3.59. The van der Waals surface area contributed by atoms with E-state index in [4.69, 9.17) is 28.3 Å². The Hall–Kier alpha value is -0.970. The standard InChI is InChI=1S/C6H4Cl2O.C6H15N.C2H5NO/c7-5-2-1-4(9)3-6(5)8;1-3-4-5-6-7-2;1-2(3)4/h1-3,9H;7H,3-6H2,1-2H3;1H3,(H2,3,4). The molecule has 0 aliphatic rings. The van der Waals surface area contributed by atoms with Crippen LogP contribution >= 0.6 is 23.2 Å². The van der Waals surface area contributed by atoms with Crippen LogP contribution in [0.25, 0.3) is 0 Å². The first-order chi connectivity index (χ1) is 9.34. The number of primary amides is 1. The smallest absolute Gasteiger partial charge is 0.214 e. The lowest BCUT2D eigenvalue weighted by molar-refractivity contribution is -0.115. The Labute approximate surface area is 131 Å². The van der Waals surface area contributed by atoms with Crippen molar-refractivity contribution in [2.45, 2.75) is 33.1 Å². The maximum atomic E-state index is 9.22. The molecule has 4 nitrogen and oxygen atoms in total. The molecule has 0 bridgehead atoms. The fourth-order valence-electron chi connectivity index (χ4n) is 1.04. The van der Waals surface area contributed by atoms with E-state index >= 15 is 0 Å². The van der Waals surface area contributed by atoms with Crippen molar-refractivity contribution in [1.82, 2.24) is 5.32 Å². The Morgan fingerprint density at radius 3 is 2.20 bits per heavy atom. The van der Waals surface area contributed by atoms with E-state index in [1.165, 1.54) is 44.9 Å². The quantitative estimate of drug-likeness (QED) is 0.741.